The van der Waals surface area contributed by atoms with Crippen molar-refractivity contribution in [1.82, 2.24) is 10.2 Å². The lowest BCUT2D eigenvalue weighted by molar-refractivity contribution is -0.128. The molecule has 0 aliphatic heterocycles. The molecule has 0 atom stereocenters. The minimum absolute atomic E-state index is 0.0219. The number of carboxylic acid groups (broad SMARTS) is 1. The van der Waals surface area contributed by atoms with Gasteiger partial charge in [0.05, 0.1) is 5.69 Å². The molecule has 21 heavy (non-hydrogen) atoms. The van der Waals surface area contributed by atoms with E-state index >= 15 is 0 Å². The highest BCUT2D eigenvalue weighted by atomic mass is 16.4. The van der Waals surface area contributed by atoms with Gasteiger partial charge in [-0.2, -0.15) is 0 Å². The Balaban J connectivity index is 2.58. The maximum atomic E-state index is 11.6. The van der Waals surface area contributed by atoms with E-state index in [9.17, 15) is 19.5 Å². The van der Waals surface area contributed by atoms with E-state index in [1.807, 2.05) is 0 Å². The van der Waals surface area contributed by atoms with Crippen molar-refractivity contribution in [3.63, 3.8) is 0 Å². The summed E-state index contributed by atoms with van der Waals surface area (Å²) in [6.07, 6.45) is 0.140. The van der Waals surface area contributed by atoms with Gasteiger partial charge in [-0.25, -0.2) is 9.59 Å². The molecule has 0 saturated heterocycles. The second-order valence-electron chi connectivity index (χ2n) is 4.43. The predicted octanol–water partition coefficient (Wildman–Crippen LogP) is 0.690. The van der Waals surface area contributed by atoms with Crippen LogP contribution in [0.1, 0.15) is 16.8 Å². The van der Waals surface area contributed by atoms with E-state index < -0.39 is 17.7 Å². The molecule has 8 nitrogen and oxygen atoms in total. The fraction of sp³-hybridized carbons (Fsp3) is 0.308. The van der Waals surface area contributed by atoms with Crippen LogP contribution in [0.4, 0.5) is 10.5 Å². The molecule has 8 heteroatoms. The summed E-state index contributed by atoms with van der Waals surface area (Å²) in [6, 6.07) is 3.34. The molecule has 0 aromatic heterocycles. The lowest BCUT2D eigenvalue weighted by Crippen LogP contribution is -2.33. The van der Waals surface area contributed by atoms with Gasteiger partial charge in [-0.15, -0.1) is 0 Å². The third-order valence-electron chi connectivity index (χ3n) is 2.64. The molecule has 0 fully saturated rings. The predicted molar refractivity (Wildman–Crippen MR) is 75.4 cm³/mol. The number of carbonyl (C=O) groups excluding carboxylic acids is 2. The number of benzene rings is 1. The number of amides is 3. The summed E-state index contributed by atoms with van der Waals surface area (Å²) in [5.74, 6) is -1.95. The van der Waals surface area contributed by atoms with Crippen molar-refractivity contribution >= 4 is 23.6 Å². The van der Waals surface area contributed by atoms with Crippen molar-refractivity contribution in [2.75, 3.05) is 26.0 Å². The number of rotatable bonds is 5. The quantitative estimate of drug-likeness (QED) is 0.596. The Bertz CT molecular complexity index is 557. The lowest BCUT2D eigenvalue weighted by atomic mass is 10.1. The molecule has 0 bridgehead atoms. The number of phenols is 1. The number of nitrogens with zero attached hydrogens (tertiary/aromatic N) is 1. The van der Waals surface area contributed by atoms with Crippen molar-refractivity contribution in [2.45, 2.75) is 6.42 Å². The summed E-state index contributed by atoms with van der Waals surface area (Å²) < 4.78 is 0. The SMILES string of the molecule is CN(C)C(=O)CCNC(=O)Nc1cccc(C(=O)O)c1O. The van der Waals surface area contributed by atoms with Crippen LogP contribution in [0.5, 0.6) is 5.75 Å². The van der Waals surface area contributed by atoms with Crippen molar-refractivity contribution < 1.29 is 24.6 Å². The van der Waals surface area contributed by atoms with Crippen LogP contribution in [0.3, 0.4) is 0 Å². The van der Waals surface area contributed by atoms with Crippen LogP contribution in [0.25, 0.3) is 0 Å². The number of carboxylic acids is 1. The molecule has 1 rings (SSSR count). The second kappa shape index (κ2) is 7.13. The number of aromatic hydroxyl groups is 1. The van der Waals surface area contributed by atoms with E-state index in [1.165, 1.54) is 23.1 Å². The van der Waals surface area contributed by atoms with E-state index in [0.29, 0.717) is 0 Å². The Morgan fingerprint density at radius 1 is 1.24 bits per heavy atom. The number of hydrogen-bond donors (Lipinski definition) is 4. The average molecular weight is 295 g/mol. The van der Waals surface area contributed by atoms with Gasteiger partial charge in [-0.1, -0.05) is 6.07 Å². The normalized spacial score (nSPS) is 9.81. The Morgan fingerprint density at radius 2 is 1.90 bits per heavy atom. The zero-order valence-electron chi connectivity index (χ0n) is 11.7. The zero-order valence-corrected chi connectivity index (χ0v) is 11.7. The van der Waals surface area contributed by atoms with Gasteiger partial charge < -0.3 is 25.7 Å². The van der Waals surface area contributed by atoms with Gasteiger partial charge in [-0.3, -0.25) is 4.79 Å². The molecule has 1 aromatic carbocycles. The number of para-hydroxylation sites is 1. The summed E-state index contributed by atoms with van der Waals surface area (Å²) in [5, 5.41) is 23.3. The first-order valence-corrected chi connectivity index (χ1v) is 6.13. The minimum Gasteiger partial charge on any atom is -0.505 e. The number of anilines is 1. The maximum absolute atomic E-state index is 11.6. The summed E-state index contributed by atoms with van der Waals surface area (Å²) in [4.78, 5) is 35.1. The fourth-order valence-electron chi connectivity index (χ4n) is 1.49. The minimum atomic E-state index is -1.30. The smallest absolute Gasteiger partial charge is 0.339 e. The number of aromatic carboxylic acids is 1. The van der Waals surface area contributed by atoms with Crippen molar-refractivity contribution in [1.29, 1.82) is 0 Å². The van der Waals surface area contributed by atoms with E-state index in [0.717, 1.165) is 0 Å². The average Bonchev–Trinajstić information content (AvgIpc) is 2.40. The van der Waals surface area contributed by atoms with Gasteiger partial charge in [-0.05, 0) is 12.1 Å². The highest BCUT2D eigenvalue weighted by molar-refractivity contribution is 5.97. The van der Waals surface area contributed by atoms with Crippen LogP contribution in [0.2, 0.25) is 0 Å². The number of urea groups is 1. The van der Waals surface area contributed by atoms with Crippen LogP contribution >= 0.6 is 0 Å². The highest BCUT2D eigenvalue weighted by Gasteiger charge is 2.14. The zero-order chi connectivity index (χ0) is 16.0. The third kappa shape index (κ3) is 4.68. The van der Waals surface area contributed by atoms with Gasteiger partial charge >= 0.3 is 12.0 Å². The molecule has 0 saturated carbocycles. The second-order valence-corrected chi connectivity index (χ2v) is 4.43. The summed E-state index contributed by atoms with van der Waals surface area (Å²) >= 11 is 0. The third-order valence-corrected chi connectivity index (χ3v) is 2.64. The molecule has 1 aromatic rings. The molecule has 0 radical (unpaired) electrons. The van der Waals surface area contributed by atoms with Crippen molar-refractivity contribution in [3.8, 4) is 5.75 Å². The van der Waals surface area contributed by atoms with E-state index in [2.05, 4.69) is 10.6 Å². The molecule has 0 unspecified atom stereocenters. The van der Waals surface area contributed by atoms with Crippen molar-refractivity contribution in [2.24, 2.45) is 0 Å². The molecule has 0 aliphatic rings. The Hall–Kier alpha value is -2.77. The standard InChI is InChI=1S/C13H17N3O5/c1-16(2)10(17)6-7-14-13(21)15-9-5-3-4-8(11(9)18)12(19)20/h3-5,18H,6-7H2,1-2H3,(H,19,20)(H2,14,15,21). The summed E-state index contributed by atoms with van der Waals surface area (Å²) in [6.45, 7) is 0.127. The van der Waals surface area contributed by atoms with E-state index in [4.69, 9.17) is 5.11 Å². The Kier molecular flexibility index (Phi) is 5.53. The van der Waals surface area contributed by atoms with E-state index in [1.54, 1.807) is 14.1 Å². The van der Waals surface area contributed by atoms with Crippen LogP contribution in [-0.4, -0.2) is 53.7 Å². The molecule has 3 amide bonds. The van der Waals surface area contributed by atoms with Gasteiger partial charge in [0.15, 0.2) is 5.75 Å². The molecular weight excluding hydrogens is 278 g/mol. The maximum Gasteiger partial charge on any atom is 0.339 e. The molecule has 0 spiro atoms. The first-order chi connectivity index (χ1) is 9.82. The molecular formula is C13H17N3O5. The Morgan fingerprint density at radius 3 is 2.48 bits per heavy atom. The Labute approximate surface area is 121 Å². The van der Waals surface area contributed by atoms with Gasteiger partial charge in [0, 0.05) is 27.1 Å². The largest absolute Gasteiger partial charge is 0.505 e. The van der Waals surface area contributed by atoms with E-state index in [-0.39, 0.29) is 30.1 Å². The molecule has 0 aliphatic carbocycles. The fourth-order valence-corrected chi connectivity index (χ4v) is 1.49. The van der Waals surface area contributed by atoms with Crippen LogP contribution in [0, 0.1) is 0 Å². The highest BCUT2D eigenvalue weighted by Crippen LogP contribution is 2.27. The van der Waals surface area contributed by atoms with Crippen LogP contribution < -0.4 is 10.6 Å². The van der Waals surface area contributed by atoms with Crippen LogP contribution in [-0.2, 0) is 4.79 Å². The topological polar surface area (TPSA) is 119 Å². The number of hydrogen-bond acceptors (Lipinski definition) is 4. The monoisotopic (exact) mass is 295 g/mol. The first-order valence-electron chi connectivity index (χ1n) is 6.13. The van der Waals surface area contributed by atoms with Gasteiger partial charge in [0.1, 0.15) is 5.56 Å². The summed E-state index contributed by atoms with van der Waals surface area (Å²) in [5.41, 5.74) is -0.332. The number of nitrogens with one attached hydrogen (secondary N) is 2. The number of carbonyl (C=O) groups is 3. The van der Waals surface area contributed by atoms with Crippen molar-refractivity contribution in [3.05, 3.63) is 23.8 Å². The lowest BCUT2D eigenvalue weighted by Gasteiger charge is -2.12. The molecule has 4 N–H and O–H groups in total. The van der Waals surface area contributed by atoms with Crippen LogP contribution in [0.15, 0.2) is 18.2 Å². The van der Waals surface area contributed by atoms with Gasteiger partial charge in [0.25, 0.3) is 0 Å². The summed E-state index contributed by atoms with van der Waals surface area (Å²) in [7, 11) is 3.22. The van der Waals surface area contributed by atoms with Gasteiger partial charge in [0.2, 0.25) is 5.91 Å². The molecule has 0 heterocycles. The molecule has 114 valence electrons. The first kappa shape index (κ1) is 16.3.